The summed E-state index contributed by atoms with van der Waals surface area (Å²) in [5.74, 6) is -1.26. The summed E-state index contributed by atoms with van der Waals surface area (Å²) in [6.07, 6.45) is -4.52. The fraction of sp³-hybridized carbons (Fsp3) is 0.467. The Morgan fingerprint density at radius 2 is 1.76 bits per heavy atom. The van der Waals surface area contributed by atoms with Crippen LogP contribution in [0.25, 0.3) is 0 Å². The standard InChI is InChI=1S/C15H17F4N5S/c1-21-13(15(17,18)19)20-24(14(21)25)10-22-6-8-23(9-7-22)12-4-2-11(16)3-5-12/h2-5H,6-10H2,1H3/p+1. The second-order valence-electron chi connectivity index (χ2n) is 6.03. The third-order valence-electron chi connectivity index (χ3n) is 4.33. The van der Waals surface area contributed by atoms with Crippen LogP contribution >= 0.6 is 12.2 Å². The highest BCUT2D eigenvalue weighted by Gasteiger charge is 2.37. The number of rotatable bonds is 3. The van der Waals surface area contributed by atoms with E-state index in [9.17, 15) is 17.6 Å². The number of nitrogens with zero attached hydrogens (tertiary/aromatic N) is 4. The van der Waals surface area contributed by atoms with Gasteiger partial charge in [0.2, 0.25) is 10.6 Å². The Hall–Kier alpha value is -1.94. The van der Waals surface area contributed by atoms with Gasteiger partial charge < -0.3 is 9.80 Å². The van der Waals surface area contributed by atoms with Gasteiger partial charge in [0.05, 0.1) is 26.2 Å². The molecule has 2 aromatic rings. The largest absolute Gasteiger partial charge is 0.451 e. The summed E-state index contributed by atoms with van der Waals surface area (Å²) in [4.78, 5) is 3.23. The first-order chi connectivity index (χ1) is 11.8. The van der Waals surface area contributed by atoms with E-state index in [4.69, 9.17) is 12.2 Å². The normalized spacial score (nSPS) is 16.4. The van der Waals surface area contributed by atoms with Crippen molar-refractivity contribution in [1.29, 1.82) is 0 Å². The molecule has 0 bridgehead atoms. The average molecular weight is 376 g/mol. The summed E-state index contributed by atoms with van der Waals surface area (Å²) in [7, 11) is 1.27. The molecule has 1 aliphatic rings. The maximum atomic E-state index is 13.0. The zero-order valence-electron chi connectivity index (χ0n) is 13.6. The van der Waals surface area contributed by atoms with Crippen molar-refractivity contribution < 1.29 is 22.5 Å². The number of alkyl halides is 3. The molecule has 1 fully saturated rings. The van der Waals surface area contributed by atoms with Crippen LogP contribution in [0, 0.1) is 10.6 Å². The molecule has 0 aliphatic carbocycles. The van der Waals surface area contributed by atoms with E-state index in [2.05, 4.69) is 10.00 Å². The Morgan fingerprint density at radius 3 is 2.28 bits per heavy atom. The average Bonchev–Trinajstić information content (AvgIpc) is 2.85. The fourth-order valence-electron chi connectivity index (χ4n) is 2.94. The number of halogens is 4. The minimum absolute atomic E-state index is 0.0563. The van der Waals surface area contributed by atoms with Gasteiger partial charge in [0.15, 0.2) is 6.67 Å². The van der Waals surface area contributed by atoms with Crippen molar-refractivity contribution in [3.63, 3.8) is 0 Å². The smallest absolute Gasteiger partial charge is 0.360 e. The van der Waals surface area contributed by atoms with Gasteiger partial charge in [0.1, 0.15) is 5.82 Å². The van der Waals surface area contributed by atoms with Gasteiger partial charge >= 0.3 is 6.18 Å². The molecule has 25 heavy (non-hydrogen) atoms. The Morgan fingerprint density at radius 1 is 1.16 bits per heavy atom. The molecule has 1 N–H and O–H groups in total. The molecule has 0 amide bonds. The van der Waals surface area contributed by atoms with E-state index in [0.717, 1.165) is 41.3 Å². The van der Waals surface area contributed by atoms with Crippen LogP contribution in [0.2, 0.25) is 0 Å². The third kappa shape index (κ3) is 3.84. The summed E-state index contributed by atoms with van der Waals surface area (Å²) < 4.78 is 53.9. The molecule has 136 valence electrons. The number of hydrogen-bond donors (Lipinski definition) is 1. The summed E-state index contributed by atoms with van der Waals surface area (Å²) in [5, 5.41) is 3.64. The molecule has 0 atom stereocenters. The molecule has 5 nitrogen and oxygen atoms in total. The molecular weight excluding hydrogens is 358 g/mol. The molecule has 0 radical (unpaired) electrons. The monoisotopic (exact) mass is 376 g/mol. The van der Waals surface area contributed by atoms with Gasteiger partial charge in [-0.15, -0.1) is 5.10 Å². The predicted octanol–water partition coefficient (Wildman–Crippen LogP) is 1.47. The number of aromatic nitrogens is 3. The molecule has 3 rings (SSSR count). The SMILES string of the molecule is Cn1c(C(F)(F)F)nn(C[NH+]2CCN(c3ccc(F)cc3)CC2)c1=S. The number of anilines is 1. The molecule has 1 aromatic heterocycles. The zero-order chi connectivity index (χ0) is 18.2. The van der Waals surface area contributed by atoms with Crippen LogP contribution in [0.5, 0.6) is 0 Å². The molecular formula is C15H18F4N5S+. The van der Waals surface area contributed by atoms with Gasteiger partial charge in [0.25, 0.3) is 0 Å². The van der Waals surface area contributed by atoms with E-state index >= 15 is 0 Å². The highest BCUT2D eigenvalue weighted by molar-refractivity contribution is 7.71. The number of benzene rings is 1. The topological polar surface area (TPSA) is 30.4 Å². The third-order valence-corrected chi connectivity index (χ3v) is 4.81. The van der Waals surface area contributed by atoms with Crippen molar-refractivity contribution in [2.24, 2.45) is 7.05 Å². The quantitative estimate of drug-likeness (QED) is 0.650. The van der Waals surface area contributed by atoms with Crippen molar-refractivity contribution >= 4 is 17.9 Å². The van der Waals surface area contributed by atoms with Crippen LogP contribution < -0.4 is 9.80 Å². The summed E-state index contributed by atoms with van der Waals surface area (Å²) in [5.41, 5.74) is 0.939. The lowest BCUT2D eigenvalue weighted by Crippen LogP contribution is -3.14. The minimum atomic E-state index is -4.52. The molecule has 0 spiro atoms. The van der Waals surface area contributed by atoms with Gasteiger partial charge in [-0.2, -0.15) is 17.9 Å². The Balaban J connectivity index is 1.65. The first-order valence-corrected chi connectivity index (χ1v) is 8.21. The molecule has 0 unspecified atom stereocenters. The van der Waals surface area contributed by atoms with Gasteiger partial charge in [-0.3, -0.25) is 4.57 Å². The molecule has 1 saturated heterocycles. The van der Waals surface area contributed by atoms with E-state index in [1.54, 1.807) is 12.1 Å². The number of hydrogen-bond acceptors (Lipinski definition) is 3. The van der Waals surface area contributed by atoms with Gasteiger partial charge in [-0.1, -0.05) is 0 Å². The van der Waals surface area contributed by atoms with Crippen molar-refractivity contribution in [2.75, 3.05) is 31.1 Å². The first-order valence-electron chi connectivity index (χ1n) is 7.81. The number of quaternary nitrogens is 1. The van der Waals surface area contributed by atoms with E-state index < -0.39 is 12.0 Å². The minimum Gasteiger partial charge on any atom is -0.360 e. The highest BCUT2D eigenvalue weighted by atomic mass is 32.1. The second-order valence-corrected chi connectivity index (χ2v) is 6.40. The van der Waals surface area contributed by atoms with E-state index in [1.165, 1.54) is 23.9 Å². The lowest BCUT2D eigenvalue weighted by Gasteiger charge is -2.33. The van der Waals surface area contributed by atoms with Crippen LogP contribution in [0.1, 0.15) is 5.82 Å². The van der Waals surface area contributed by atoms with E-state index in [1.807, 2.05) is 0 Å². The van der Waals surface area contributed by atoms with Crippen LogP contribution in [0.3, 0.4) is 0 Å². The van der Waals surface area contributed by atoms with Crippen LogP contribution in [0.15, 0.2) is 24.3 Å². The van der Waals surface area contributed by atoms with E-state index in [0.29, 0.717) is 6.67 Å². The molecule has 1 aliphatic heterocycles. The lowest BCUT2D eigenvalue weighted by atomic mass is 10.2. The highest BCUT2D eigenvalue weighted by Crippen LogP contribution is 2.27. The van der Waals surface area contributed by atoms with Crippen molar-refractivity contribution in [1.82, 2.24) is 14.3 Å². The first kappa shape index (κ1) is 17.9. The van der Waals surface area contributed by atoms with Gasteiger partial charge in [-0.25, -0.2) is 4.39 Å². The summed E-state index contributed by atoms with van der Waals surface area (Å²) in [6, 6.07) is 6.29. The van der Waals surface area contributed by atoms with Gasteiger partial charge in [-0.05, 0) is 36.5 Å². The molecule has 1 aromatic carbocycles. The second kappa shape index (κ2) is 6.75. The van der Waals surface area contributed by atoms with Crippen LogP contribution in [-0.2, 0) is 19.9 Å². The molecule has 10 heteroatoms. The number of nitrogens with one attached hydrogen (secondary N) is 1. The van der Waals surface area contributed by atoms with E-state index in [-0.39, 0.29) is 10.6 Å². The Labute approximate surface area is 147 Å². The predicted molar refractivity (Wildman–Crippen MR) is 86.3 cm³/mol. The fourth-order valence-corrected chi connectivity index (χ4v) is 3.13. The van der Waals surface area contributed by atoms with Crippen LogP contribution in [0.4, 0.5) is 23.2 Å². The van der Waals surface area contributed by atoms with Crippen molar-refractivity contribution in [3.8, 4) is 0 Å². The molecule has 2 heterocycles. The van der Waals surface area contributed by atoms with Gasteiger partial charge in [0, 0.05) is 12.7 Å². The number of piperazine rings is 1. The lowest BCUT2D eigenvalue weighted by molar-refractivity contribution is -0.924. The summed E-state index contributed by atoms with van der Waals surface area (Å²) in [6.45, 7) is 3.22. The maximum Gasteiger partial charge on any atom is 0.451 e. The zero-order valence-corrected chi connectivity index (χ0v) is 14.4. The summed E-state index contributed by atoms with van der Waals surface area (Å²) >= 11 is 5.07. The van der Waals surface area contributed by atoms with Crippen molar-refractivity contribution in [3.05, 3.63) is 40.7 Å². The Kier molecular flexibility index (Phi) is 4.83. The molecule has 0 saturated carbocycles. The van der Waals surface area contributed by atoms with Crippen LogP contribution in [-0.4, -0.2) is 40.5 Å². The van der Waals surface area contributed by atoms with Crippen molar-refractivity contribution in [2.45, 2.75) is 12.8 Å². The maximum absolute atomic E-state index is 13.0. The Bertz CT molecular complexity index is 788.